The topological polar surface area (TPSA) is 58.2 Å². The van der Waals surface area contributed by atoms with Crippen molar-refractivity contribution in [2.45, 2.75) is 26.8 Å². The van der Waals surface area contributed by atoms with Gasteiger partial charge in [-0.2, -0.15) is 0 Å². The lowest BCUT2D eigenvalue weighted by Gasteiger charge is -2.09. The highest BCUT2D eigenvalue weighted by Gasteiger charge is 2.11. The van der Waals surface area contributed by atoms with Crippen LogP contribution in [0.4, 0.5) is 5.69 Å². The number of carbonyl (C=O) groups is 2. The summed E-state index contributed by atoms with van der Waals surface area (Å²) in [6.45, 7) is 4.39. The molecule has 4 nitrogen and oxygen atoms in total. The lowest BCUT2D eigenvalue weighted by Crippen LogP contribution is -2.27. The molecular formula is C18H19BrN2O2. The number of rotatable bonds is 5. The Morgan fingerprint density at radius 3 is 2.26 bits per heavy atom. The van der Waals surface area contributed by atoms with Gasteiger partial charge in [-0.05, 0) is 53.0 Å². The van der Waals surface area contributed by atoms with Crippen molar-refractivity contribution in [3.63, 3.8) is 0 Å². The molecule has 0 aliphatic heterocycles. The third kappa shape index (κ3) is 5.53. The van der Waals surface area contributed by atoms with Gasteiger partial charge in [-0.25, -0.2) is 0 Å². The molecule has 5 heteroatoms. The van der Waals surface area contributed by atoms with E-state index in [9.17, 15) is 9.59 Å². The van der Waals surface area contributed by atoms with Crippen LogP contribution in [0.15, 0.2) is 46.9 Å². The Labute approximate surface area is 144 Å². The van der Waals surface area contributed by atoms with Crippen LogP contribution in [-0.2, 0) is 16.1 Å². The van der Waals surface area contributed by atoms with Crippen molar-refractivity contribution < 1.29 is 9.59 Å². The highest BCUT2D eigenvalue weighted by atomic mass is 79.9. The third-order valence-corrected chi connectivity index (χ3v) is 3.99. The molecule has 0 aliphatic rings. The molecule has 2 rings (SSSR count). The fraction of sp³-hybridized carbons (Fsp3) is 0.222. The maximum absolute atomic E-state index is 11.9. The predicted octanol–water partition coefficient (Wildman–Crippen LogP) is 3.71. The van der Waals surface area contributed by atoms with Gasteiger partial charge in [0.2, 0.25) is 11.8 Å². The highest BCUT2D eigenvalue weighted by molar-refractivity contribution is 9.10. The Morgan fingerprint density at radius 2 is 1.61 bits per heavy atom. The number of hydrogen-bond donors (Lipinski definition) is 2. The van der Waals surface area contributed by atoms with Crippen molar-refractivity contribution in [1.29, 1.82) is 0 Å². The maximum atomic E-state index is 11.9. The van der Waals surface area contributed by atoms with Crippen LogP contribution in [-0.4, -0.2) is 11.8 Å². The maximum Gasteiger partial charge on any atom is 0.233 e. The van der Waals surface area contributed by atoms with E-state index in [0.29, 0.717) is 12.2 Å². The van der Waals surface area contributed by atoms with Gasteiger partial charge in [-0.3, -0.25) is 9.59 Å². The van der Waals surface area contributed by atoms with Gasteiger partial charge in [0.25, 0.3) is 0 Å². The van der Waals surface area contributed by atoms with Crippen LogP contribution in [0.25, 0.3) is 0 Å². The van der Waals surface area contributed by atoms with E-state index in [1.54, 1.807) is 0 Å². The van der Waals surface area contributed by atoms with Crippen molar-refractivity contribution in [2.75, 3.05) is 5.32 Å². The number of halogens is 1. The van der Waals surface area contributed by atoms with E-state index < -0.39 is 0 Å². The molecule has 0 fully saturated rings. The van der Waals surface area contributed by atoms with Crippen LogP contribution in [0, 0.1) is 13.8 Å². The Bertz CT molecular complexity index is 711. The lowest BCUT2D eigenvalue weighted by molar-refractivity contribution is -0.126. The highest BCUT2D eigenvalue weighted by Crippen LogP contribution is 2.23. The first-order valence-electron chi connectivity index (χ1n) is 7.32. The van der Waals surface area contributed by atoms with Crippen LogP contribution < -0.4 is 10.6 Å². The summed E-state index contributed by atoms with van der Waals surface area (Å²) in [6.07, 6.45) is -0.202. The molecule has 0 heterocycles. The van der Waals surface area contributed by atoms with Gasteiger partial charge in [0.15, 0.2) is 0 Å². The SMILES string of the molecule is Cc1ccc(CNC(=O)CC(=O)Nc2ccc(C)cc2Br)cc1. The molecule has 0 saturated heterocycles. The summed E-state index contributed by atoms with van der Waals surface area (Å²) < 4.78 is 0.797. The second-order valence-electron chi connectivity index (χ2n) is 5.47. The fourth-order valence-corrected chi connectivity index (χ4v) is 2.62. The quantitative estimate of drug-likeness (QED) is 0.783. The monoisotopic (exact) mass is 374 g/mol. The van der Waals surface area contributed by atoms with E-state index in [2.05, 4.69) is 26.6 Å². The molecule has 0 aromatic heterocycles. The number of amides is 2. The molecule has 2 aromatic rings. The molecule has 2 aromatic carbocycles. The zero-order valence-corrected chi connectivity index (χ0v) is 14.7. The molecule has 0 spiro atoms. The average molecular weight is 375 g/mol. The Morgan fingerprint density at radius 1 is 0.957 bits per heavy atom. The Kier molecular flexibility index (Phi) is 5.93. The first kappa shape index (κ1) is 17.2. The van der Waals surface area contributed by atoms with Crippen LogP contribution in [0.5, 0.6) is 0 Å². The molecule has 0 radical (unpaired) electrons. The average Bonchev–Trinajstić information content (AvgIpc) is 2.49. The standard InChI is InChI=1S/C18H19BrN2O2/c1-12-3-6-14(7-4-12)11-20-17(22)10-18(23)21-16-8-5-13(2)9-15(16)19/h3-9H,10-11H2,1-2H3,(H,20,22)(H,21,23). The normalized spacial score (nSPS) is 10.2. The van der Waals surface area contributed by atoms with E-state index >= 15 is 0 Å². The second kappa shape index (κ2) is 7.92. The zero-order valence-electron chi connectivity index (χ0n) is 13.2. The number of nitrogens with one attached hydrogen (secondary N) is 2. The van der Waals surface area contributed by atoms with Crippen molar-refractivity contribution >= 4 is 33.4 Å². The first-order valence-corrected chi connectivity index (χ1v) is 8.11. The smallest absolute Gasteiger partial charge is 0.233 e. The number of hydrogen-bond acceptors (Lipinski definition) is 2. The van der Waals surface area contributed by atoms with Crippen molar-refractivity contribution in [3.8, 4) is 0 Å². The molecule has 0 bridgehead atoms. The molecule has 2 N–H and O–H groups in total. The summed E-state index contributed by atoms with van der Waals surface area (Å²) in [5.74, 6) is -0.637. The summed E-state index contributed by atoms with van der Waals surface area (Å²) in [7, 11) is 0. The van der Waals surface area contributed by atoms with E-state index in [1.807, 2.05) is 56.3 Å². The first-order chi connectivity index (χ1) is 10.9. The van der Waals surface area contributed by atoms with Crippen molar-refractivity contribution in [3.05, 3.63) is 63.6 Å². The van der Waals surface area contributed by atoms with E-state index in [0.717, 1.165) is 15.6 Å². The zero-order chi connectivity index (χ0) is 16.8. The Hall–Kier alpha value is -2.14. The van der Waals surface area contributed by atoms with Crippen LogP contribution in [0.1, 0.15) is 23.1 Å². The second-order valence-corrected chi connectivity index (χ2v) is 6.32. The van der Waals surface area contributed by atoms with Crippen molar-refractivity contribution in [1.82, 2.24) is 5.32 Å². The number of aryl methyl sites for hydroxylation is 2. The minimum absolute atomic E-state index is 0.202. The molecule has 0 unspecified atom stereocenters. The van der Waals surface area contributed by atoms with Crippen LogP contribution in [0.3, 0.4) is 0 Å². The molecular weight excluding hydrogens is 356 g/mol. The molecule has 2 amide bonds. The van der Waals surface area contributed by atoms with Crippen LogP contribution in [0.2, 0.25) is 0 Å². The van der Waals surface area contributed by atoms with Gasteiger partial charge in [-0.15, -0.1) is 0 Å². The molecule has 0 atom stereocenters. The fourth-order valence-electron chi connectivity index (χ4n) is 2.03. The third-order valence-electron chi connectivity index (χ3n) is 3.33. The van der Waals surface area contributed by atoms with Gasteiger partial charge < -0.3 is 10.6 Å². The largest absolute Gasteiger partial charge is 0.352 e. The van der Waals surface area contributed by atoms with E-state index in [1.165, 1.54) is 5.56 Å². The minimum Gasteiger partial charge on any atom is -0.352 e. The van der Waals surface area contributed by atoms with Gasteiger partial charge in [0, 0.05) is 11.0 Å². The lowest BCUT2D eigenvalue weighted by atomic mass is 10.1. The van der Waals surface area contributed by atoms with Gasteiger partial charge in [0.1, 0.15) is 6.42 Å². The number of benzene rings is 2. The summed E-state index contributed by atoms with van der Waals surface area (Å²) >= 11 is 3.39. The Balaban J connectivity index is 1.82. The summed E-state index contributed by atoms with van der Waals surface area (Å²) in [5, 5.41) is 5.47. The molecule has 23 heavy (non-hydrogen) atoms. The summed E-state index contributed by atoms with van der Waals surface area (Å²) in [4.78, 5) is 23.8. The summed E-state index contributed by atoms with van der Waals surface area (Å²) in [5.41, 5.74) is 3.92. The molecule has 0 aliphatic carbocycles. The minimum atomic E-state index is -0.337. The molecule has 120 valence electrons. The summed E-state index contributed by atoms with van der Waals surface area (Å²) in [6, 6.07) is 13.5. The van der Waals surface area contributed by atoms with Crippen LogP contribution >= 0.6 is 15.9 Å². The van der Waals surface area contributed by atoms with Gasteiger partial charge in [-0.1, -0.05) is 35.9 Å². The van der Waals surface area contributed by atoms with Crippen molar-refractivity contribution in [2.24, 2.45) is 0 Å². The number of carbonyl (C=O) groups excluding carboxylic acids is 2. The molecule has 0 saturated carbocycles. The van der Waals surface area contributed by atoms with Gasteiger partial charge in [0.05, 0.1) is 5.69 Å². The number of anilines is 1. The van der Waals surface area contributed by atoms with Gasteiger partial charge >= 0.3 is 0 Å². The van der Waals surface area contributed by atoms with E-state index in [-0.39, 0.29) is 18.2 Å². The van der Waals surface area contributed by atoms with E-state index in [4.69, 9.17) is 0 Å². The predicted molar refractivity (Wildman–Crippen MR) is 95.2 cm³/mol.